The minimum atomic E-state index is -0.287. The number of nitrogens with one attached hydrogen (secondary N) is 1. The summed E-state index contributed by atoms with van der Waals surface area (Å²) in [6, 6.07) is 10.2. The summed E-state index contributed by atoms with van der Waals surface area (Å²) in [6.45, 7) is 5.20. The molecule has 18 heavy (non-hydrogen) atoms. The molecule has 2 N–H and O–H groups in total. The topological polar surface area (TPSA) is 56.0 Å². The Morgan fingerprint density at radius 2 is 1.94 bits per heavy atom. The summed E-state index contributed by atoms with van der Waals surface area (Å²) >= 11 is 0. The molecule has 0 aliphatic carbocycles. The molecule has 0 radical (unpaired) electrons. The molecular formula is C15H22N2O. The van der Waals surface area contributed by atoms with Gasteiger partial charge in [0.15, 0.2) is 0 Å². The van der Waals surface area contributed by atoms with Gasteiger partial charge in [0.25, 0.3) is 0 Å². The van der Waals surface area contributed by atoms with Crippen molar-refractivity contribution in [2.45, 2.75) is 32.7 Å². The lowest BCUT2D eigenvalue weighted by Gasteiger charge is -2.12. The van der Waals surface area contributed by atoms with Gasteiger partial charge in [-0.2, -0.15) is 5.26 Å². The molecule has 0 spiro atoms. The number of aliphatic hydroxyl groups excluding tert-OH is 1. The number of nitriles is 1. The average Bonchev–Trinajstić information content (AvgIpc) is 2.35. The Hall–Kier alpha value is -1.37. The first-order valence-electron chi connectivity index (χ1n) is 6.50. The first-order valence-corrected chi connectivity index (χ1v) is 6.50. The Labute approximate surface area is 109 Å². The van der Waals surface area contributed by atoms with Crippen molar-refractivity contribution < 1.29 is 5.11 Å². The van der Waals surface area contributed by atoms with Crippen molar-refractivity contribution in [2.24, 2.45) is 5.92 Å². The van der Waals surface area contributed by atoms with Gasteiger partial charge in [-0.3, -0.25) is 5.32 Å². The third-order valence-electron chi connectivity index (χ3n) is 2.77. The van der Waals surface area contributed by atoms with Crippen molar-refractivity contribution in [3.8, 4) is 6.07 Å². The summed E-state index contributed by atoms with van der Waals surface area (Å²) in [5.74, 6) is 0.644. The summed E-state index contributed by atoms with van der Waals surface area (Å²) in [5.41, 5.74) is 2.30. The van der Waals surface area contributed by atoms with Crippen LogP contribution in [0.3, 0.4) is 0 Å². The van der Waals surface area contributed by atoms with Crippen molar-refractivity contribution in [2.75, 3.05) is 13.2 Å². The minimum Gasteiger partial charge on any atom is -0.396 e. The van der Waals surface area contributed by atoms with Crippen LogP contribution < -0.4 is 5.32 Å². The van der Waals surface area contributed by atoms with Gasteiger partial charge in [0.05, 0.1) is 6.07 Å². The summed E-state index contributed by atoms with van der Waals surface area (Å²) < 4.78 is 0. The van der Waals surface area contributed by atoms with E-state index in [1.165, 1.54) is 5.56 Å². The molecule has 1 aromatic carbocycles. The van der Waals surface area contributed by atoms with Crippen LogP contribution in [-0.4, -0.2) is 18.3 Å². The van der Waals surface area contributed by atoms with E-state index in [1.54, 1.807) is 0 Å². The molecule has 0 bridgehead atoms. The standard InChI is InChI=1S/C15H22N2O/c1-12(2)10-13-4-6-14(7-5-13)15(11-16)17-8-3-9-18/h4-7,12,15,17-18H,3,8-10H2,1-2H3. The molecular weight excluding hydrogens is 224 g/mol. The number of rotatable bonds is 7. The van der Waals surface area contributed by atoms with E-state index in [0.29, 0.717) is 18.9 Å². The van der Waals surface area contributed by atoms with Crippen molar-refractivity contribution in [1.29, 1.82) is 5.26 Å². The van der Waals surface area contributed by atoms with Gasteiger partial charge in [-0.1, -0.05) is 38.1 Å². The fourth-order valence-corrected chi connectivity index (χ4v) is 1.88. The Morgan fingerprint density at radius 3 is 2.44 bits per heavy atom. The normalized spacial score (nSPS) is 12.4. The van der Waals surface area contributed by atoms with E-state index in [1.807, 2.05) is 12.1 Å². The van der Waals surface area contributed by atoms with Crippen LogP contribution in [0.25, 0.3) is 0 Å². The van der Waals surface area contributed by atoms with Gasteiger partial charge in [-0.05, 0) is 36.4 Å². The molecule has 1 aromatic rings. The maximum Gasteiger partial charge on any atom is 0.121 e. The molecule has 0 saturated heterocycles. The van der Waals surface area contributed by atoms with Gasteiger partial charge in [0, 0.05) is 6.61 Å². The van der Waals surface area contributed by atoms with Crippen LogP contribution in [0.1, 0.15) is 37.4 Å². The third-order valence-corrected chi connectivity index (χ3v) is 2.77. The van der Waals surface area contributed by atoms with Crippen molar-refractivity contribution >= 4 is 0 Å². The Morgan fingerprint density at radius 1 is 1.28 bits per heavy atom. The number of hydrogen-bond acceptors (Lipinski definition) is 3. The van der Waals surface area contributed by atoms with Crippen molar-refractivity contribution in [1.82, 2.24) is 5.32 Å². The van der Waals surface area contributed by atoms with Gasteiger partial charge in [0.2, 0.25) is 0 Å². The molecule has 0 saturated carbocycles. The van der Waals surface area contributed by atoms with Crippen LogP contribution in [-0.2, 0) is 6.42 Å². The van der Waals surface area contributed by atoms with Crippen LogP contribution in [0, 0.1) is 17.2 Å². The summed E-state index contributed by atoms with van der Waals surface area (Å²) in [7, 11) is 0. The van der Waals surface area contributed by atoms with Gasteiger partial charge in [-0.15, -0.1) is 0 Å². The van der Waals surface area contributed by atoms with Gasteiger partial charge >= 0.3 is 0 Å². The van der Waals surface area contributed by atoms with E-state index in [2.05, 4.69) is 37.4 Å². The second-order valence-corrected chi connectivity index (χ2v) is 4.93. The highest BCUT2D eigenvalue weighted by Gasteiger charge is 2.09. The van der Waals surface area contributed by atoms with Gasteiger partial charge < -0.3 is 5.11 Å². The second-order valence-electron chi connectivity index (χ2n) is 4.93. The first kappa shape index (κ1) is 14.7. The molecule has 0 fully saturated rings. The van der Waals surface area contributed by atoms with E-state index in [9.17, 15) is 0 Å². The summed E-state index contributed by atoms with van der Waals surface area (Å²) in [4.78, 5) is 0. The Kier molecular flexibility index (Phi) is 6.42. The highest BCUT2D eigenvalue weighted by molar-refractivity contribution is 5.28. The zero-order chi connectivity index (χ0) is 13.4. The highest BCUT2D eigenvalue weighted by atomic mass is 16.3. The first-order chi connectivity index (χ1) is 8.67. The monoisotopic (exact) mass is 246 g/mol. The zero-order valence-corrected chi connectivity index (χ0v) is 11.2. The van der Waals surface area contributed by atoms with E-state index in [4.69, 9.17) is 10.4 Å². The zero-order valence-electron chi connectivity index (χ0n) is 11.2. The molecule has 0 aliphatic rings. The molecule has 3 nitrogen and oxygen atoms in total. The van der Waals surface area contributed by atoms with Crippen LogP contribution in [0.5, 0.6) is 0 Å². The van der Waals surface area contributed by atoms with Crippen LogP contribution in [0.4, 0.5) is 0 Å². The molecule has 1 unspecified atom stereocenters. The lowest BCUT2D eigenvalue weighted by atomic mass is 10.00. The van der Waals surface area contributed by atoms with Crippen LogP contribution in [0.2, 0.25) is 0 Å². The lowest BCUT2D eigenvalue weighted by Crippen LogP contribution is -2.21. The Bertz CT molecular complexity index is 378. The van der Waals surface area contributed by atoms with E-state index in [-0.39, 0.29) is 12.6 Å². The summed E-state index contributed by atoms with van der Waals surface area (Å²) in [6.07, 6.45) is 1.74. The highest BCUT2D eigenvalue weighted by Crippen LogP contribution is 2.15. The molecule has 98 valence electrons. The van der Waals surface area contributed by atoms with E-state index in [0.717, 1.165) is 12.0 Å². The molecule has 1 atom stereocenters. The largest absolute Gasteiger partial charge is 0.396 e. The van der Waals surface area contributed by atoms with Gasteiger partial charge in [-0.25, -0.2) is 0 Å². The third kappa shape index (κ3) is 4.87. The second kappa shape index (κ2) is 7.86. The quantitative estimate of drug-likeness (QED) is 0.726. The molecule has 0 heterocycles. The van der Waals surface area contributed by atoms with Crippen molar-refractivity contribution in [3.05, 3.63) is 35.4 Å². The fourth-order valence-electron chi connectivity index (χ4n) is 1.88. The van der Waals surface area contributed by atoms with E-state index < -0.39 is 0 Å². The SMILES string of the molecule is CC(C)Cc1ccc(C(C#N)NCCCO)cc1. The van der Waals surface area contributed by atoms with Crippen LogP contribution in [0.15, 0.2) is 24.3 Å². The lowest BCUT2D eigenvalue weighted by molar-refractivity contribution is 0.285. The molecule has 0 aromatic heterocycles. The summed E-state index contributed by atoms with van der Waals surface area (Å²) in [5, 5.41) is 21.0. The molecule has 0 aliphatic heterocycles. The predicted molar refractivity (Wildman–Crippen MR) is 73.0 cm³/mol. The molecule has 0 amide bonds. The maximum absolute atomic E-state index is 9.12. The minimum absolute atomic E-state index is 0.151. The van der Waals surface area contributed by atoms with Crippen molar-refractivity contribution in [3.63, 3.8) is 0 Å². The number of nitrogens with zero attached hydrogens (tertiary/aromatic N) is 1. The van der Waals surface area contributed by atoms with E-state index >= 15 is 0 Å². The average molecular weight is 246 g/mol. The maximum atomic E-state index is 9.12. The number of aliphatic hydroxyl groups is 1. The Balaban J connectivity index is 2.61. The molecule has 1 rings (SSSR count). The smallest absolute Gasteiger partial charge is 0.121 e. The van der Waals surface area contributed by atoms with Crippen LogP contribution >= 0.6 is 0 Å². The molecule has 3 heteroatoms. The number of benzene rings is 1. The predicted octanol–water partition coefficient (Wildman–Crippen LogP) is 2.42. The fraction of sp³-hybridized carbons (Fsp3) is 0.533. The number of hydrogen-bond donors (Lipinski definition) is 2. The van der Waals surface area contributed by atoms with Gasteiger partial charge in [0.1, 0.15) is 6.04 Å².